The topological polar surface area (TPSA) is 73.2 Å². The number of rotatable bonds is 6. The molecule has 1 N–H and O–H groups in total. The number of hydrogen-bond donors (Lipinski definition) is 1. The smallest absolute Gasteiger partial charge is 0.212 e. The van der Waals surface area contributed by atoms with Crippen molar-refractivity contribution in [3.63, 3.8) is 0 Å². The predicted octanol–water partition coefficient (Wildman–Crippen LogP) is 2.50. The van der Waals surface area contributed by atoms with E-state index in [-0.39, 0.29) is 30.4 Å². The molecule has 3 rings (SSSR count). The van der Waals surface area contributed by atoms with E-state index < -0.39 is 10.0 Å². The molecule has 25 heavy (non-hydrogen) atoms. The lowest BCUT2D eigenvalue weighted by molar-refractivity contribution is -0.0479. The molecular weight excluding hydrogens is 338 g/mol. The first-order valence-corrected chi connectivity index (χ1v) is 10.3. The summed E-state index contributed by atoms with van der Waals surface area (Å²) in [5.74, 6) is 0.290. The van der Waals surface area contributed by atoms with Crippen LogP contribution in [0.3, 0.4) is 0 Å². The van der Waals surface area contributed by atoms with Crippen LogP contribution in [0.15, 0.2) is 43.0 Å². The maximum atomic E-state index is 12.5. The fourth-order valence-corrected chi connectivity index (χ4v) is 4.94. The molecule has 6 nitrogen and oxygen atoms in total. The molecule has 1 saturated heterocycles. The van der Waals surface area contributed by atoms with Gasteiger partial charge in [0.25, 0.3) is 0 Å². The van der Waals surface area contributed by atoms with Crippen LogP contribution >= 0.6 is 0 Å². The van der Waals surface area contributed by atoms with E-state index in [1.54, 1.807) is 12.5 Å². The molecule has 1 fully saturated rings. The van der Waals surface area contributed by atoms with Gasteiger partial charge in [0.15, 0.2) is 0 Å². The molecule has 1 aromatic carbocycles. The molecule has 0 spiro atoms. The van der Waals surface area contributed by atoms with Gasteiger partial charge in [0, 0.05) is 18.9 Å². The molecule has 2 aromatic rings. The SMILES string of the molecule is C[C@@H]1CC(CS(=O)(=O)NCc2ccccc2-n2ccnc2)C[C@H](C)O1. The molecule has 1 aliphatic heterocycles. The van der Waals surface area contributed by atoms with E-state index in [0.717, 1.165) is 24.1 Å². The number of nitrogens with zero attached hydrogens (tertiary/aromatic N) is 2. The van der Waals surface area contributed by atoms with Crippen molar-refractivity contribution in [2.75, 3.05) is 5.75 Å². The minimum absolute atomic E-state index is 0.117. The summed E-state index contributed by atoms with van der Waals surface area (Å²) in [6.07, 6.45) is 7.06. The number of benzene rings is 1. The maximum absolute atomic E-state index is 12.5. The first-order valence-electron chi connectivity index (χ1n) is 8.62. The molecule has 1 aliphatic rings. The average Bonchev–Trinajstić information content (AvgIpc) is 3.06. The minimum atomic E-state index is -3.34. The summed E-state index contributed by atoms with van der Waals surface area (Å²) in [6.45, 7) is 4.28. The van der Waals surface area contributed by atoms with Crippen molar-refractivity contribution in [2.45, 2.75) is 45.4 Å². The summed E-state index contributed by atoms with van der Waals surface area (Å²) in [5, 5.41) is 0. The van der Waals surface area contributed by atoms with Crippen LogP contribution in [0, 0.1) is 5.92 Å². The fourth-order valence-electron chi connectivity index (χ4n) is 3.55. The summed E-state index contributed by atoms with van der Waals surface area (Å²) < 4.78 is 35.4. The highest BCUT2D eigenvalue weighted by molar-refractivity contribution is 7.89. The van der Waals surface area contributed by atoms with Crippen LogP contribution in [0.25, 0.3) is 5.69 Å². The minimum Gasteiger partial charge on any atom is -0.376 e. The van der Waals surface area contributed by atoms with E-state index in [4.69, 9.17) is 4.74 Å². The zero-order valence-corrected chi connectivity index (χ0v) is 15.4. The molecule has 0 saturated carbocycles. The van der Waals surface area contributed by atoms with Crippen molar-refractivity contribution in [3.8, 4) is 5.69 Å². The molecule has 7 heteroatoms. The Labute approximate surface area is 149 Å². The van der Waals surface area contributed by atoms with Crippen molar-refractivity contribution in [1.82, 2.24) is 14.3 Å². The summed E-state index contributed by atoms with van der Waals surface area (Å²) >= 11 is 0. The molecule has 1 unspecified atom stereocenters. The fraction of sp³-hybridized carbons (Fsp3) is 0.500. The third-order valence-corrected chi connectivity index (χ3v) is 6.00. The van der Waals surface area contributed by atoms with Gasteiger partial charge in [-0.1, -0.05) is 18.2 Å². The van der Waals surface area contributed by atoms with Crippen molar-refractivity contribution in [3.05, 3.63) is 48.5 Å². The highest BCUT2D eigenvalue weighted by Gasteiger charge is 2.28. The summed E-state index contributed by atoms with van der Waals surface area (Å²) in [6, 6.07) is 7.72. The Balaban J connectivity index is 1.65. The monoisotopic (exact) mass is 363 g/mol. The van der Waals surface area contributed by atoms with Crippen molar-refractivity contribution in [2.24, 2.45) is 5.92 Å². The van der Waals surface area contributed by atoms with Crippen LogP contribution in [0.4, 0.5) is 0 Å². The van der Waals surface area contributed by atoms with Crippen LogP contribution in [0.2, 0.25) is 0 Å². The molecule has 3 atom stereocenters. The van der Waals surface area contributed by atoms with Gasteiger partial charge in [0.2, 0.25) is 10.0 Å². The highest BCUT2D eigenvalue weighted by Crippen LogP contribution is 2.25. The largest absolute Gasteiger partial charge is 0.376 e. The molecular formula is C18H25N3O3S. The second kappa shape index (κ2) is 7.68. The van der Waals surface area contributed by atoms with Crippen molar-refractivity contribution in [1.29, 1.82) is 0 Å². The number of para-hydroxylation sites is 1. The number of sulfonamides is 1. The van der Waals surface area contributed by atoms with Gasteiger partial charge in [-0.05, 0) is 44.2 Å². The van der Waals surface area contributed by atoms with E-state index in [9.17, 15) is 8.42 Å². The van der Waals surface area contributed by atoms with E-state index in [0.29, 0.717) is 0 Å². The molecule has 0 aliphatic carbocycles. The van der Waals surface area contributed by atoms with Crippen molar-refractivity contribution < 1.29 is 13.2 Å². The van der Waals surface area contributed by atoms with E-state index >= 15 is 0 Å². The number of ether oxygens (including phenoxy) is 1. The Morgan fingerprint density at radius 1 is 1.24 bits per heavy atom. The molecule has 1 aromatic heterocycles. The average molecular weight is 363 g/mol. The third kappa shape index (κ3) is 4.90. The lowest BCUT2D eigenvalue weighted by Crippen LogP contribution is -2.36. The van der Waals surface area contributed by atoms with Gasteiger partial charge in [-0.2, -0.15) is 0 Å². The van der Waals surface area contributed by atoms with Crippen LogP contribution in [-0.4, -0.2) is 35.9 Å². The Morgan fingerprint density at radius 2 is 1.96 bits per heavy atom. The molecule has 0 bridgehead atoms. The van der Waals surface area contributed by atoms with Crippen LogP contribution in [0.5, 0.6) is 0 Å². The van der Waals surface area contributed by atoms with Crippen LogP contribution < -0.4 is 4.72 Å². The second-order valence-corrected chi connectivity index (χ2v) is 8.65. The van der Waals surface area contributed by atoms with Gasteiger partial charge in [0.05, 0.1) is 30.0 Å². The highest BCUT2D eigenvalue weighted by atomic mass is 32.2. The van der Waals surface area contributed by atoms with Gasteiger partial charge in [0.1, 0.15) is 0 Å². The first kappa shape index (κ1) is 18.1. The van der Waals surface area contributed by atoms with Crippen LogP contribution in [-0.2, 0) is 21.3 Å². The van der Waals surface area contributed by atoms with Gasteiger partial charge in [-0.25, -0.2) is 18.1 Å². The van der Waals surface area contributed by atoms with Gasteiger partial charge in [-0.3, -0.25) is 0 Å². The van der Waals surface area contributed by atoms with Crippen LogP contribution in [0.1, 0.15) is 32.3 Å². The lowest BCUT2D eigenvalue weighted by Gasteiger charge is -2.31. The second-order valence-electron chi connectivity index (χ2n) is 6.80. The van der Waals surface area contributed by atoms with Crippen molar-refractivity contribution >= 4 is 10.0 Å². The number of imidazole rings is 1. The van der Waals surface area contributed by atoms with Gasteiger partial charge < -0.3 is 9.30 Å². The zero-order valence-electron chi connectivity index (χ0n) is 14.6. The maximum Gasteiger partial charge on any atom is 0.212 e. The van der Waals surface area contributed by atoms with E-state index in [1.165, 1.54) is 0 Å². The Morgan fingerprint density at radius 3 is 2.64 bits per heavy atom. The third-order valence-electron chi connectivity index (χ3n) is 4.51. The molecule has 0 radical (unpaired) electrons. The van der Waals surface area contributed by atoms with Gasteiger partial charge in [-0.15, -0.1) is 0 Å². The molecule has 0 amide bonds. The number of nitrogens with one attached hydrogen (secondary N) is 1. The lowest BCUT2D eigenvalue weighted by atomic mass is 9.94. The molecule has 136 valence electrons. The van der Waals surface area contributed by atoms with E-state index in [1.807, 2.05) is 48.9 Å². The zero-order chi connectivity index (χ0) is 17.9. The number of hydrogen-bond acceptors (Lipinski definition) is 4. The first-order chi connectivity index (χ1) is 11.9. The predicted molar refractivity (Wildman–Crippen MR) is 96.9 cm³/mol. The Bertz CT molecular complexity index is 780. The Kier molecular flexibility index (Phi) is 5.56. The summed E-state index contributed by atoms with van der Waals surface area (Å²) in [7, 11) is -3.34. The van der Waals surface area contributed by atoms with Gasteiger partial charge >= 0.3 is 0 Å². The summed E-state index contributed by atoms with van der Waals surface area (Å²) in [4.78, 5) is 4.05. The number of aromatic nitrogens is 2. The van der Waals surface area contributed by atoms with E-state index in [2.05, 4.69) is 9.71 Å². The Hall–Kier alpha value is -1.70. The summed E-state index contributed by atoms with van der Waals surface area (Å²) in [5.41, 5.74) is 1.84. The molecule has 2 heterocycles. The normalized spacial score (nSPS) is 24.3. The quantitative estimate of drug-likeness (QED) is 0.856. The standard InChI is InChI=1S/C18H25N3O3S/c1-14-9-16(10-15(2)24-14)12-25(22,23)20-11-17-5-3-4-6-18(17)21-8-7-19-13-21/h3-8,13-16,20H,9-12H2,1-2H3/t14-,15+,16?.